The van der Waals surface area contributed by atoms with Crippen molar-refractivity contribution in [1.82, 2.24) is 15.2 Å². The van der Waals surface area contributed by atoms with E-state index in [1.54, 1.807) is 18.4 Å². The average molecular weight is 378 g/mol. The molecule has 3 rings (SSSR count). The van der Waals surface area contributed by atoms with E-state index in [0.29, 0.717) is 6.61 Å². The second kappa shape index (κ2) is 9.87. The van der Waals surface area contributed by atoms with Gasteiger partial charge in [-0.15, -0.1) is 11.3 Å². The maximum absolute atomic E-state index is 5.58. The van der Waals surface area contributed by atoms with Crippen LogP contribution in [0.4, 0.5) is 0 Å². The van der Waals surface area contributed by atoms with E-state index in [0.717, 1.165) is 73.7 Å². The van der Waals surface area contributed by atoms with Crippen molar-refractivity contribution in [3.8, 4) is 22.1 Å². The summed E-state index contributed by atoms with van der Waals surface area (Å²) in [6.07, 6.45) is 0. The summed E-state index contributed by atoms with van der Waals surface area (Å²) in [6, 6.07) is 5.96. The van der Waals surface area contributed by atoms with Gasteiger partial charge in [0.25, 0.3) is 0 Å². The van der Waals surface area contributed by atoms with Crippen molar-refractivity contribution >= 4 is 11.3 Å². The Kier molecular flexibility index (Phi) is 7.25. The largest absolute Gasteiger partial charge is 0.493 e. The molecule has 6 nitrogen and oxygen atoms in total. The van der Waals surface area contributed by atoms with E-state index in [9.17, 15) is 0 Å². The minimum atomic E-state index is 0.618. The lowest BCUT2D eigenvalue weighted by Gasteiger charge is -2.26. The van der Waals surface area contributed by atoms with Crippen LogP contribution >= 0.6 is 11.3 Å². The van der Waals surface area contributed by atoms with Gasteiger partial charge in [0.05, 0.1) is 32.6 Å². The number of hydrogen-bond acceptors (Lipinski definition) is 7. The third kappa shape index (κ3) is 5.17. The van der Waals surface area contributed by atoms with Crippen molar-refractivity contribution in [1.29, 1.82) is 0 Å². The lowest BCUT2D eigenvalue weighted by Crippen LogP contribution is -2.40. The molecule has 0 saturated carbocycles. The van der Waals surface area contributed by atoms with Gasteiger partial charge in [-0.25, -0.2) is 4.98 Å². The predicted octanol–water partition coefficient (Wildman–Crippen LogP) is 2.64. The predicted molar refractivity (Wildman–Crippen MR) is 104 cm³/mol. The molecule has 1 aliphatic rings. The summed E-state index contributed by atoms with van der Waals surface area (Å²) in [6.45, 7) is 9.14. The summed E-state index contributed by atoms with van der Waals surface area (Å²) in [5.41, 5.74) is 2.12. The standard InChI is InChI=1S/C19H27N3O3S/c1-3-25-17-5-4-15(12-18(17)23-2)19-21-16(14-26-19)13-20-6-7-22-8-10-24-11-9-22/h4-5,12,14,20H,3,6-11,13H2,1-2H3. The fraction of sp³-hybridized carbons (Fsp3) is 0.526. The molecular formula is C19H27N3O3S. The van der Waals surface area contributed by atoms with Gasteiger partial charge in [0.2, 0.25) is 0 Å². The van der Waals surface area contributed by atoms with E-state index < -0.39 is 0 Å². The lowest BCUT2D eigenvalue weighted by molar-refractivity contribution is 0.0384. The first-order valence-corrected chi connectivity index (χ1v) is 9.94. The Morgan fingerprint density at radius 1 is 1.27 bits per heavy atom. The summed E-state index contributed by atoms with van der Waals surface area (Å²) < 4.78 is 16.4. The molecule has 2 heterocycles. The minimum absolute atomic E-state index is 0.618. The zero-order chi connectivity index (χ0) is 18.2. The number of nitrogens with zero attached hydrogens (tertiary/aromatic N) is 2. The first kappa shape index (κ1) is 19.1. The molecule has 1 aromatic carbocycles. The maximum Gasteiger partial charge on any atom is 0.161 e. The number of benzene rings is 1. The van der Waals surface area contributed by atoms with Crippen molar-refractivity contribution in [3.05, 3.63) is 29.3 Å². The highest BCUT2D eigenvalue weighted by molar-refractivity contribution is 7.13. The Hall–Kier alpha value is -1.67. The molecule has 1 aromatic heterocycles. The Labute approximate surface area is 159 Å². The number of rotatable bonds is 9. The molecule has 0 amide bonds. The van der Waals surface area contributed by atoms with Crippen LogP contribution < -0.4 is 14.8 Å². The molecule has 142 valence electrons. The highest BCUT2D eigenvalue weighted by Gasteiger charge is 2.11. The molecule has 0 bridgehead atoms. The van der Waals surface area contributed by atoms with Gasteiger partial charge in [-0.3, -0.25) is 4.90 Å². The molecule has 7 heteroatoms. The highest BCUT2D eigenvalue weighted by Crippen LogP contribution is 2.33. The average Bonchev–Trinajstić information content (AvgIpc) is 3.15. The van der Waals surface area contributed by atoms with E-state index in [-0.39, 0.29) is 0 Å². The number of nitrogens with one attached hydrogen (secondary N) is 1. The lowest BCUT2D eigenvalue weighted by atomic mass is 10.2. The summed E-state index contributed by atoms with van der Waals surface area (Å²) in [4.78, 5) is 7.17. The van der Waals surface area contributed by atoms with Crippen LogP contribution in [0.5, 0.6) is 11.5 Å². The summed E-state index contributed by atoms with van der Waals surface area (Å²) in [5.74, 6) is 1.50. The third-order valence-electron chi connectivity index (χ3n) is 4.28. The Morgan fingerprint density at radius 3 is 2.88 bits per heavy atom. The Bertz CT molecular complexity index is 686. The van der Waals surface area contributed by atoms with Crippen molar-refractivity contribution in [3.63, 3.8) is 0 Å². The molecule has 1 N–H and O–H groups in total. The van der Waals surface area contributed by atoms with Crippen LogP contribution in [0.3, 0.4) is 0 Å². The molecule has 0 unspecified atom stereocenters. The molecule has 0 spiro atoms. The van der Waals surface area contributed by atoms with Gasteiger partial charge in [-0.2, -0.15) is 0 Å². The van der Waals surface area contributed by atoms with Gasteiger partial charge in [-0.1, -0.05) is 0 Å². The van der Waals surface area contributed by atoms with Crippen LogP contribution in [0.1, 0.15) is 12.6 Å². The number of ether oxygens (including phenoxy) is 3. The van der Waals surface area contributed by atoms with Gasteiger partial charge < -0.3 is 19.5 Å². The SMILES string of the molecule is CCOc1ccc(-c2nc(CNCCN3CCOCC3)cs2)cc1OC. The number of methoxy groups -OCH3 is 1. The second-order valence-corrected chi connectivity index (χ2v) is 6.93. The fourth-order valence-corrected chi connectivity index (χ4v) is 3.69. The third-order valence-corrected chi connectivity index (χ3v) is 5.22. The Balaban J connectivity index is 1.52. The topological polar surface area (TPSA) is 55.9 Å². The molecular weight excluding hydrogens is 350 g/mol. The highest BCUT2D eigenvalue weighted by atomic mass is 32.1. The fourth-order valence-electron chi connectivity index (χ4n) is 2.87. The van der Waals surface area contributed by atoms with Crippen LogP contribution in [0.2, 0.25) is 0 Å². The van der Waals surface area contributed by atoms with E-state index in [1.807, 2.05) is 25.1 Å². The van der Waals surface area contributed by atoms with Gasteiger partial charge in [0.1, 0.15) is 5.01 Å². The molecule has 1 fully saturated rings. The van der Waals surface area contributed by atoms with E-state index in [4.69, 9.17) is 19.2 Å². The maximum atomic E-state index is 5.58. The molecule has 1 aliphatic heterocycles. The van der Waals surface area contributed by atoms with Gasteiger partial charge in [0.15, 0.2) is 11.5 Å². The van der Waals surface area contributed by atoms with E-state index in [2.05, 4.69) is 15.6 Å². The number of thiazole rings is 1. The van der Waals surface area contributed by atoms with Crippen LogP contribution in [0, 0.1) is 0 Å². The van der Waals surface area contributed by atoms with Crippen molar-refractivity contribution in [2.45, 2.75) is 13.5 Å². The number of aromatic nitrogens is 1. The number of morpholine rings is 1. The first-order valence-electron chi connectivity index (χ1n) is 9.06. The summed E-state index contributed by atoms with van der Waals surface area (Å²) in [7, 11) is 1.66. The summed E-state index contributed by atoms with van der Waals surface area (Å²) >= 11 is 1.65. The molecule has 0 aliphatic carbocycles. The van der Waals surface area contributed by atoms with Crippen molar-refractivity contribution in [2.24, 2.45) is 0 Å². The van der Waals surface area contributed by atoms with Crippen LogP contribution in [-0.2, 0) is 11.3 Å². The quantitative estimate of drug-likeness (QED) is 0.678. The first-order chi connectivity index (χ1) is 12.8. The monoisotopic (exact) mass is 377 g/mol. The number of hydrogen-bond donors (Lipinski definition) is 1. The van der Waals surface area contributed by atoms with Crippen LogP contribution in [0.25, 0.3) is 10.6 Å². The molecule has 2 aromatic rings. The normalized spacial score (nSPS) is 15.2. The van der Waals surface area contributed by atoms with E-state index in [1.165, 1.54) is 0 Å². The van der Waals surface area contributed by atoms with Crippen molar-refractivity contribution in [2.75, 3.05) is 53.1 Å². The smallest absolute Gasteiger partial charge is 0.161 e. The zero-order valence-electron chi connectivity index (χ0n) is 15.5. The van der Waals surface area contributed by atoms with Crippen LogP contribution in [-0.4, -0.2) is 63.0 Å². The minimum Gasteiger partial charge on any atom is -0.493 e. The summed E-state index contributed by atoms with van der Waals surface area (Å²) in [5, 5.41) is 6.59. The van der Waals surface area contributed by atoms with Crippen LogP contribution in [0.15, 0.2) is 23.6 Å². The molecule has 26 heavy (non-hydrogen) atoms. The second-order valence-electron chi connectivity index (χ2n) is 6.07. The van der Waals surface area contributed by atoms with Crippen molar-refractivity contribution < 1.29 is 14.2 Å². The molecule has 0 radical (unpaired) electrons. The molecule has 0 atom stereocenters. The zero-order valence-corrected chi connectivity index (χ0v) is 16.3. The van der Waals surface area contributed by atoms with Gasteiger partial charge >= 0.3 is 0 Å². The Morgan fingerprint density at radius 2 is 2.12 bits per heavy atom. The van der Waals surface area contributed by atoms with E-state index >= 15 is 0 Å². The van der Waals surface area contributed by atoms with Gasteiger partial charge in [-0.05, 0) is 25.1 Å². The molecule has 1 saturated heterocycles. The van der Waals surface area contributed by atoms with Gasteiger partial charge in [0, 0.05) is 43.7 Å².